The number of amides is 1. The molecule has 0 bridgehead atoms. The van der Waals surface area contributed by atoms with Crippen LogP contribution in [0.5, 0.6) is 11.5 Å². The Balaban J connectivity index is 2.94. The van der Waals surface area contributed by atoms with Gasteiger partial charge in [0.2, 0.25) is 0 Å². The number of hydrogen-bond donors (Lipinski definition) is 2. The van der Waals surface area contributed by atoms with Crippen LogP contribution in [0.15, 0.2) is 24.3 Å². The van der Waals surface area contributed by atoms with Gasteiger partial charge in [-0.2, -0.15) is 0 Å². The van der Waals surface area contributed by atoms with Crippen LogP contribution in [0.1, 0.15) is 32.8 Å². The van der Waals surface area contributed by atoms with Crippen molar-refractivity contribution in [2.45, 2.75) is 33.3 Å². The molecule has 0 radical (unpaired) electrons. The molecule has 1 aromatic rings. The first-order valence-electron chi connectivity index (χ1n) is 6.72. The largest absolute Gasteiger partial charge is 0.490 e. The van der Waals surface area contributed by atoms with E-state index in [-0.39, 0.29) is 12.0 Å². The number of nitrogens with one attached hydrogen (secondary N) is 1. The van der Waals surface area contributed by atoms with Gasteiger partial charge in [0.25, 0.3) is 5.91 Å². The van der Waals surface area contributed by atoms with Crippen LogP contribution >= 0.6 is 0 Å². The fourth-order valence-electron chi connectivity index (χ4n) is 1.51. The van der Waals surface area contributed by atoms with Crippen LogP contribution in [0, 0.1) is 0 Å². The molecule has 1 unspecified atom stereocenters. The molecule has 5 heteroatoms. The number of hydrogen-bond acceptors (Lipinski definition) is 4. The van der Waals surface area contributed by atoms with E-state index < -0.39 is 0 Å². The molecule has 0 saturated carbocycles. The predicted molar refractivity (Wildman–Crippen MR) is 79.4 cm³/mol. The SMILES string of the molecule is CCOc1cc(/C=C/C(=O)NN)ccc1OC(C)CC. The highest BCUT2D eigenvalue weighted by molar-refractivity contribution is 5.91. The van der Waals surface area contributed by atoms with Gasteiger partial charge < -0.3 is 9.47 Å². The van der Waals surface area contributed by atoms with E-state index in [1.54, 1.807) is 6.08 Å². The minimum Gasteiger partial charge on any atom is -0.490 e. The van der Waals surface area contributed by atoms with Crippen molar-refractivity contribution in [2.24, 2.45) is 5.84 Å². The Kier molecular flexibility index (Phi) is 6.59. The van der Waals surface area contributed by atoms with Crippen molar-refractivity contribution >= 4 is 12.0 Å². The van der Waals surface area contributed by atoms with Gasteiger partial charge in [0.05, 0.1) is 12.7 Å². The maximum absolute atomic E-state index is 11.1. The number of carbonyl (C=O) groups excluding carboxylic acids is 1. The van der Waals surface area contributed by atoms with E-state index in [0.717, 1.165) is 12.0 Å². The summed E-state index contributed by atoms with van der Waals surface area (Å²) in [6, 6.07) is 5.54. The maximum Gasteiger partial charge on any atom is 0.257 e. The van der Waals surface area contributed by atoms with Crippen LogP contribution in [0.2, 0.25) is 0 Å². The molecule has 0 aliphatic carbocycles. The first-order valence-corrected chi connectivity index (χ1v) is 6.72. The summed E-state index contributed by atoms with van der Waals surface area (Å²) in [5, 5.41) is 0. The van der Waals surface area contributed by atoms with Gasteiger partial charge in [-0.1, -0.05) is 13.0 Å². The third-order valence-corrected chi connectivity index (χ3v) is 2.74. The summed E-state index contributed by atoms with van der Waals surface area (Å²) >= 11 is 0. The number of hydrazine groups is 1. The zero-order chi connectivity index (χ0) is 15.0. The van der Waals surface area contributed by atoms with Gasteiger partial charge in [-0.3, -0.25) is 10.2 Å². The van der Waals surface area contributed by atoms with Gasteiger partial charge >= 0.3 is 0 Å². The third-order valence-electron chi connectivity index (χ3n) is 2.74. The third kappa shape index (κ3) is 4.93. The molecule has 0 spiro atoms. The highest BCUT2D eigenvalue weighted by atomic mass is 16.5. The second-order valence-corrected chi connectivity index (χ2v) is 4.32. The van der Waals surface area contributed by atoms with Gasteiger partial charge in [0.1, 0.15) is 0 Å². The van der Waals surface area contributed by atoms with Gasteiger partial charge in [0.15, 0.2) is 11.5 Å². The van der Waals surface area contributed by atoms with Crippen LogP contribution in [-0.2, 0) is 4.79 Å². The molecular formula is C15H22N2O3. The van der Waals surface area contributed by atoms with Crippen molar-refractivity contribution in [3.05, 3.63) is 29.8 Å². The number of nitrogens with two attached hydrogens (primary N) is 1. The van der Waals surface area contributed by atoms with Crippen LogP contribution in [-0.4, -0.2) is 18.6 Å². The molecule has 0 aromatic heterocycles. The lowest BCUT2D eigenvalue weighted by molar-refractivity contribution is -0.116. The molecule has 0 aliphatic heterocycles. The van der Waals surface area contributed by atoms with Crippen LogP contribution in [0.3, 0.4) is 0 Å². The minimum absolute atomic E-state index is 0.124. The van der Waals surface area contributed by atoms with E-state index in [9.17, 15) is 4.79 Å². The Hall–Kier alpha value is -2.01. The van der Waals surface area contributed by atoms with E-state index in [0.29, 0.717) is 18.1 Å². The van der Waals surface area contributed by atoms with Crippen molar-refractivity contribution in [1.29, 1.82) is 0 Å². The first kappa shape index (κ1) is 16.0. The van der Waals surface area contributed by atoms with Gasteiger partial charge in [0, 0.05) is 6.08 Å². The lowest BCUT2D eigenvalue weighted by atomic mass is 10.2. The molecule has 0 saturated heterocycles. The summed E-state index contributed by atoms with van der Waals surface area (Å²) in [7, 11) is 0. The fourth-order valence-corrected chi connectivity index (χ4v) is 1.51. The summed E-state index contributed by atoms with van der Waals surface area (Å²) in [5.41, 5.74) is 2.88. The highest BCUT2D eigenvalue weighted by Crippen LogP contribution is 2.30. The van der Waals surface area contributed by atoms with Gasteiger partial charge in [-0.15, -0.1) is 0 Å². The van der Waals surface area contributed by atoms with Crippen molar-refractivity contribution in [2.75, 3.05) is 6.61 Å². The summed E-state index contributed by atoms with van der Waals surface area (Å²) in [4.78, 5) is 11.1. The molecule has 20 heavy (non-hydrogen) atoms. The molecule has 0 heterocycles. The van der Waals surface area contributed by atoms with Crippen LogP contribution in [0.4, 0.5) is 0 Å². The summed E-state index contributed by atoms with van der Waals surface area (Å²) in [6.45, 7) is 6.54. The molecule has 1 amide bonds. The average molecular weight is 278 g/mol. The van der Waals surface area contributed by atoms with Gasteiger partial charge in [-0.25, -0.2) is 5.84 Å². The maximum atomic E-state index is 11.1. The number of benzene rings is 1. The van der Waals surface area contributed by atoms with Crippen molar-refractivity contribution in [3.63, 3.8) is 0 Å². The van der Waals surface area contributed by atoms with Crippen LogP contribution in [0.25, 0.3) is 6.08 Å². The molecular weight excluding hydrogens is 256 g/mol. The topological polar surface area (TPSA) is 73.6 Å². The first-order chi connectivity index (χ1) is 9.60. The Bertz CT molecular complexity index is 472. The molecule has 0 fully saturated rings. The van der Waals surface area contributed by atoms with Gasteiger partial charge in [-0.05, 0) is 44.0 Å². The number of rotatable bonds is 7. The zero-order valence-electron chi connectivity index (χ0n) is 12.2. The molecule has 5 nitrogen and oxygen atoms in total. The Labute approximate surface area is 119 Å². The standard InChI is InChI=1S/C15H22N2O3/c1-4-11(3)20-13-8-6-12(7-9-15(18)17-16)10-14(13)19-5-2/h6-11H,4-5,16H2,1-3H3,(H,17,18)/b9-7+. The lowest BCUT2D eigenvalue weighted by Crippen LogP contribution is -2.27. The second-order valence-electron chi connectivity index (χ2n) is 4.32. The molecule has 110 valence electrons. The Morgan fingerprint density at radius 1 is 1.40 bits per heavy atom. The molecule has 1 aromatic carbocycles. The summed E-state index contributed by atoms with van der Waals surface area (Å²) < 4.78 is 11.4. The smallest absolute Gasteiger partial charge is 0.257 e. The fraction of sp³-hybridized carbons (Fsp3) is 0.400. The van der Waals surface area contributed by atoms with Crippen molar-refractivity contribution in [3.8, 4) is 11.5 Å². The highest BCUT2D eigenvalue weighted by Gasteiger charge is 2.08. The van der Waals surface area contributed by atoms with E-state index >= 15 is 0 Å². The van der Waals surface area contributed by atoms with Crippen molar-refractivity contribution < 1.29 is 14.3 Å². The number of ether oxygens (including phenoxy) is 2. The second kappa shape index (κ2) is 8.22. The van der Waals surface area contributed by atoms with E-state index in [4.69, 9.17) is 15.3 Å². The average Bonchev–Trinajstić information content (AvgIpc) is 2.47. The van der Waals surface area contributed by atoms with Crippen molar-refractivity contribution in [1.82, 2.24) is 5.43 Å². The van der Waals surface area contributed by atoms with E-state index in [2.05, 4.69) is 6.92 Å². The Morgan fingerprint density at radius 3 is 2.75 bits per heavy atom. The van der Waals surface area contributed by atoms with E-state index in [1.807, 2.05) is 37.5 Å². The normalized spacial score (nSPS) is 12.2. The molecule has 1 atom stereocenters. The summed E-state index contributed by atoms with van der Waals surface area (Å²) in [5.74, 6) is 6.03. The monoisotopic (exact) mass is 278 g/mol. The Morgan fingerprint density at radius 2 is 2.15 bits per heavy atom. The van der Waals surface area contributed by atoms with Crippen LogP contribution < -0.4 is 20.7 Å². The molecule has 0 aliphatic rings. The predicted octanol–water partition coefficient (Wildman–Crippen LogP) is 2.27. The molecule has 1 rings (SSSR count). The lowest BCUT2D eigenvalue weighted by Gasteiger charge is -2.16. The quantitative estimate of drug-likeness (QED) is 0.347. The zero-order valence-corrected chi connectivity index (χ0v) is 12.2. The van der Waals surface area contributed by atoms with E-state index in [1.165, 1.54) is 6.08 Å². The minimum atomic E-state index is -0.358. The number of carbonyl (C=O) groups is 1. The molecule has 3 N–H and O–H groups in total. The summed E-state index contributed by atoms with van der Waals surface area (Å²) in [6.07, 6.45) is 4.07.